The van der Waals surface area contributed by atoms with Gasteiger partial charge in [-0.3, -0.25) is 4.90 Å². The van der Waals surface area contributed by atoms with Crippen molar-refractivity contribution in [1.29, 1.82) is 0 Å². The predicted molar refractivity (Wildman–Crippen MR) is 140 cm³/mol. The van der Waals surface area contributed by atoms with Crippen LogP contribution in [0.25, 0.3) is 0 Å². The van der Waals surface area contributed by atoms with E-state index in [9.17, 15) is 39.5 Å². The summed E-state index contributed by atoms with van der Waals surface area (Å²) < 4.78 is 128. The minimum Gasteiger partial charge on any atom is -0.424 e. The largest absolute Gasteiger partial charge is 0.424 e. The molecule has 0 spiro atoms. The van der Waals surface area contributed by atoms with Crippen LogP contribution in [0, 0.1) is 6.92 Å². The number of benzene rings is 2. The number of aryl methyl sites for hydroxylation is 2. The summed E-state index contributed by atoms with van der Waals surface area (Å²) in [6.07, 6.45) is -14.6. The van der Waals surface area contributed by atoms with Gasteiger partial charge in [0.15, 0.2) is 0 Å². The normalized spacial score (nSPS) is 13.5. The SMILES string of the molecule is CCC(c1ccc(C(F)(F)F)cc1CN(Cc1cc(C(F)(F)F)cc(C(F)(F)F)c1)c1nnn(C)n1)N(C)Cc1nnc(C)o1. The Kier molecular flexibility index (Phi) is 9.46. The molecule has 4 aromatic rings. The second-order valence-electron chi connectivity index (χ2n) is 10.3. The molecule has 0 fully saturated rings. The van der Waals surface area contributed by atoms with Crippen molar-refractivity contribution in [3.63, 3.8) is 0 Å². The predicted octanol–water partition coefficient (Wildman–Crippen LogP) is 6.75. The van der Waals surface area contributed by atoms with Crippen LogP contribution in [0.2, 0.25) is 0 Å². The highest BCUT2D eigenvalue weighted by Gasteiger charge is 2.37. The zero-order valence-corrected chi connectivity index (χ0v) is 24.3. The van der Waals surface area contributed by atoms with E-state index in [2.05, 4.69) is 25.6 Å². The van der Waals surface area contributed by atoms with Gasteiger partial charge in [-0.05, 0) is 65.7 Å². The van der Waals surface area contributed by atoms with Crippen molar-refractivity contribution in [1.82, 2.24) is 35.3 Å². The topological polar surface area (TPSA) is 89.0 Å². The number of tetrazole rings is 1. The lowest BCUT2D eigenvalue weighted by Gasteiger charge is -2.30. The molecule has 0 bridgehead atoms. The molecule has 9 nitrogen and oxygen atoms in total. The number of rotatable bonds is 10. The third kappa shape index (κ3) is 8.29. The third-order valence-corrected chi connectivity index (χ3v) is 6.86. The summed E-state index contributed by atoms with van der Waals surface area (Å²) in [5, 5.41) is 19.3. The molecular formula is C27H27F9N8O. The molecule has 0 aliphatic heterocycles. The average molecular weight is 651 g/mol. The summed E-state index contributed by atoms with van der Waals surface area (Å²) in [6.45, 7) is 2.48. The summed E-state index contributed by atoms with van der Waals surface area (Å²) in [5.41, 5.74) is -4.00. The van der Waals surface area contributed by atoms with Crippen LogP contribution in [0.3, 0.4) is 0 Å². The van der Waals surface area contributed by atoms with E-state index in [0.29, 0.717) is 30.0 Å². The van der Waals surface area contributed by atoms with Crippen molar-refractivity contribution in [3.8, 4) is 0 Å². The van der Waals surface area contributed by atoms with Crippen LogP contribution in [0.15, 0.2) is 40.8 Å². The number of halogens is 9. The van der Waals surface area contributed by atoms with Crippen LogP contribution < -0.4 is 4.90 Å². The molecule has 18 heteroatoms. The number of aromatic nitrogens is 6. The van der Waals surface area contributed by atoms with Gasteiger partial charge in [-0.25, -0.2) is 0 Å². The molecule has 0 N–H and O–H groups in total. The maximum atomic E-state index is 13.9. The molecule has 0 saturated heterocycles. The lowest BCUT2D eigenvalue weighted by molar-refractivity contribution is -0.143. The van der Waals surface area contributed by atoms with Crippen LogP contribution in [0.4, 0.5) is 45.5 Å². The molecule has 1 unspecified atom stereocenters. The van der Waals surface area contributed by atoms with E-state index in [0.717, 1.165) is 21.8 Å². The Morgan fingerprint density at radius 2 is 1.42 bits per heavy atom. The number of hydrogen-bond donors (Lipinski definition) is 0. The van der Waals surface area contributed by atoms with Crippen molar-refractivity contribution < 1.29 is 43.9 Å². The zero-order valence-electron chi connectivity index (χ0n) is 24.3. The van der Waals surface area contributed by atoms with E-state index >= 15 is 0 Å². The molecule has 0 saturated carbocycles. The Hall–Kier alpha value is -4.22. The van der Waals surface area contributed by atoms with Crippen molar-refractivity contribution in [3.05, 3.63) is 81.6 Å². The van der Waals surface area contributed by atoms with Crippen LogP contribution in [0.5, 0.6) is 0 Å². The Labute approximate surface area is 250 Å². The minimum absolute atomic E-state index is 0.00804. The fourth-order valence-corrected chi connectivity index (χ4v) is 4.87. The molecule has 2 aromatic carbocycles. The molecule has 2 heterocycles. The van der Waals surface area contributed by atoms with Crippen LogP contribution in [-0.4, -0.2) is 42.4 Å². The fraction of sp³-hybridized carbons (Fsp3) is 0.444. The molecule has 1 atom stereocenters. The number of nitrogens with zero attached hydrogens (tertiary/aromatic N) is 8. The molecule has 0 aliphatic carbocycles. The van der Waals surface area contributed by atoms with Gasteiger partial charge in [0.25, 0.3) is 5.95 Å². The second kappa shape index (κ2) is 12.6. The zero-order chi connectivity index (χ0) is 33.3. The summed E-state index contributed by atoms with van der Waals surface area (Å²) in [7, 11) is 3.07. The molecule has 2 aromatic heterocycles. The number of hydrogen-bond acceptors (Lipinski definition) is 8. The highest BCUT2D eigenvalue weighted by Crippen LogP contribution is 2.38. The van der Waals surface area contributed by atoms with Gasteiger partial charge in [-0.1, -0.05) is 18.1 Å². The average Bonchev–Trinajstić information content (AvgIpc) is 3.55. The molecule has 4 rings (SSSR count). The van der Waals surface area contributed by atoms with E-state index in [-0.39, 0.29) is 30.0 Å². The lowest BCUT2D eigenvalue weighted by Crippen LogP contribution is -2.28. The van der Waals surface area contributed by atoms with Crippen molar-refractivity contribution >= 4 is 5.95 Å². The highest BCUT2D eigenvalue weighted by molar-refractivity contribution is 5.42. The van der Waals surface area contributed by atoms with Gasteiger partial charge in [-0.2, -0.15) is 44.3 Å². The molecule has 244 valence electrons. The third-order valence-electron chi connectivity index (χ3n) is 6.86. The molecule has 0 radical (unpaired) electrons. The van der Waals surface area contributed by atoms with Crippen LogP contribution in [-0.2, 0) is 45.2 Å². The quantitative estimate of drug-likeness (QED) is 0.174. The van der Waals surface area contributed by atoms with Gasteiger partial charge >= 0.3 is 18.5 Å². The summed E-state index contributed by atoms with van der Waals surface area (Å²) >= 11 is 0. The number of alkyl halides is 9. The van der Waals surface area contributed by atoms with E-state index in [4.69, 9.17) is 4.42 Å². The Balaban J connectivity index is 1.80. The maximum absolute atomic E-state index is 13.9. The van der Waals surface area contributed by atoms with Crippen molar-refractivity contribution in [2.45, 2.75) is 64.5 Å². The number of anilines is 1. The summed E-state index contributed by atoms with van der Waals surface area (Å²) in [5.74, 6) is 0.351. The van der Waals surface area contributed by atoms with Crippen molar-refractivity contribution in [2.75, 3.05) is 11.9 Å². The first-order valence-electron chi connectivity index (χ1n) is 13.3. The van der Waals surface area contributed by atoms with E-state index in [1.54, 1.807) is 25.8 Å². The summed E-state index contributed by atoms with van der Waals surface area (Å²) in [4.78, 5) is 3.93. The van der Waals surface area contributed by atoms with Gasteiger partial charge in [-0.15, -0.1) is 15.3 Å². The monoisotopic (exact) mass is 650 g/mol. The maximum Gasteiger partial charge on any atom is 0.416 e. The summed E-state index contributed by atoms with van der Waals surface area (Å²) in [6, 6.07) is 3.64. The van der Waals surface area contributed by atoms with E-state index < -0.39 is 59.9 Å². The van der Waals surface area contributed by atoms with Gasteiger partial charge in [0.05, 0.1) is 30.3 Å². The Morgan fingerprint density at radius 3 is 1.91 bits per heavy atom. The lowest BCUT2D eigenvalue weighted by atomic mass is 9.94. The Bertz CT molecular complexity index is 1580. The Morgan fingerprint density at radius 1 is 0.800 bits per heavy atom. The first-order chi connectivity index (χ1) is 20.8. The van der Waals surface area contributed by atoms with Gasteiger partial charge < -0.3 is 9.32 Å². The fourth-order valence-electron chi connectivity index (χ4n) is 4.87. The van der Waals surface area contributed by atoms with Crippen molar-refractivity contribution in [2.24, 2.45) is 7.05 Å². The van der Waals surface area contributed by atoms with E-state index in [1.807, 2.05) is 0 Å². The van der Waals surface area contributed by atoms with E-state index in [1.165, 1.54) is 13.1 Å². The standard InChI is InChI=1S/C27H27F9N8O/c1-5-22(42(3)14-23-38-37-15(2)45-23)21-7-6-18(25(28,29)30)10-17(21)13-44(24-39-41-43(4)40-24)12-16-8-19(26(31,32)33)11-20(9-16)27(34,35)36/h6-11,22H,5,12-14H2,1-4H3. The molecule has 45 heavy (non-hydrogen) atoms. The van der Waals surface area contributed by atoms with Gasteiger partial charge in [0.2, 0.25) is 11.8 Å². The highest BCUT2D eigenvalue weighted by atomic mass is 19.4. The molecule has 0 amide bonds. The first kappa shape index (κ1) is 33.7. The molecule has 0 aliphatic rings. The minimum atomic E-state index is -5.10. The first-order valence-corrected chi connectivity index (χ1v) is 13.3. The second-order valence-corrected chi connectivity index (χ2v) is 10.3. The van der Waals surface area contributed by atoms with Crippen LogP contribution >= 0.6 is 0 Å². The van der Waals surface area contributed by atoms with Crippen LogP contribution in [0.1, 0.15) is 64.5 Å². The molecular weight excluding hydrogens is 623 g/mol. The smallest absolute Gasteiger partial charge is 0.416 e. The van der Waals surface area contributed by atoms with Gasteiger partial charge in [0, 0.05) is 26.1 Å². The van der Waals surface area contributed by atoms with Gasteiger partial charge in [0.1, 0.15) is 0 Å².